The van der Waals surface area contributed by atoms with E-state index in [0.717, 1.165) is 34.3 Å². The summed E-state index contributed by atoms with van der Waals surface area (Å²) in [6.45, 7) is 3.23. The molecule has 0 radical (unpaired) electrons. The number of carbonyl (C=O) groups is 1. The Hall–Kier alpha value is -4.22. The molecule has 5 nitrogen and oxygen atoms in total. The van der Waals surface area contributed by atoms with E-state index >= 15 is 0 Å². The van der Waals surface area contributed by atoms with Gasteiger partial charge in [0.2, 0.25) is 5.91 Å². The number of anilines is 1. The lowest BCUT2D eigenvalue weighted by atomic mass is 10.1. The highest BCUT2D eigenvalue weighted by Crippen LogP contribution is 2.31. The first kappa shape index (κ1) is 26.4. The Bertz CT molecular complexity index is 1540. The van der Waals surface area contributed by atoms with Crippen molar-refractivity contribution >= 4 is 34.2 Å². The van der Waals surface area contributed by atoms with Gasteiger partial charge in [-0.1, -0.05) is 96.5 Å². The predicted octanol–water partition coefficient (Wildman–Crippen LogP) is 7.27. The Morgan fingerprint density at radius 2 is 1.49 bits per heavy atom. The van der Waals surface area contributed by atoms with E-state index in [0.29, 0.717) is 30.4 Å². The monoisotopic (exact) mass is 534 g/mol. The van der Waals surface area contributed by atoms with E-state index in [2.05, 4.69) is 22.3 Å². The molecule has 0 saturated heterocycles. The summed E-state index contributed by atoms with van der Waals surface area (Å²) >= 11 is 6.54. The van der Waals surface area contributed by atoms with Crippen molar-refractivity contribution in [2.75, 3.05) is 18.0 Å². The molecule has 1 amide bonds. The maximum atomic E-state index is 13.0. The lowest BCUT2D eigenvalue weighted by Gasteiger charge is -2.26. The number of fused-ring (bicyclic) bond motifs is 1. The number of para-hydroxylation sites is 1. The van der Waals surface area contributed by atoms with Gasteiger partial charge < -0.3 is 10.2 Å². The summed E-state index contributed by atoms with van der Waals surface area (Å²) in [5.41, 5.74) is 3.93. The number of amides is 1. The molecule has 5 aromatic rings. The predicted molar refractivity (Wildman–Crippen MR) is 160 cm³/mol. The van der Waals surface area contributed by atoms with Crippen LogP contribution in [0.5, 0.6) is 0 Å². The van der Waals surface area contributed by atoms with Crippen LogP contribution >= 0.6 is 11.6 Å². The Morgan fingerprint density at radius 3 is 2.26 bits per heavy atom. The maximum absolute atomic E-state index is 13.0. The van der Waals surface area contributed by atoms with Crippen LogP contribution in [0, 0.1) is 0 Å². The first-order chi connectivity index (χ1) is 19.1. The molecule has 0 saturated carbocycles. The number of halogens is 1. The van der Waals surface area contributed by atoms with E-state index in [-0.39, 0.29) is 11.9 Å². The molecule has 5 rings (SSSR count). The molecule has 1 N–H and O–H groups in total. The average Bonchev–Trinajstić information content (AvgIpc) is 2.98. The van der Waals surface area contributed by atoms with E-state index in [4.69, 9.17) is 21.6 Å². The third kappa shape index (κ3) is 6.62. The molecule has 0 aliphatic carbocycles. The highest BCUT2D eigenvalue weighted by molar-refractivity contribution is 6.33. The molecule has 6 heteroatoms. The highest BCUT2D eigenvalue weighted by atomic mass is 35.5. The molecular formula is C33H31ClN4O. The third-order valence-corrected chi connectivity index (χ3v) is 7.13. The minimum Gasteiger partial charge on any atom is -0.355 e. The second-order valence-electron chi connectivity index (χ2n) is 9.54. The summed E-state index contributed by atoms with van der Waals surface area (Å²) in [4.78, 5) is 25.1. The number of carbonyl (C=O) groups excluding carboxylic acids is 1. The van der Waals surface area contributed by atoms with Crippen molar-refractivity contribution in [2.45, 2.75) is 25.8 Å². The van der Waals surface area contributed by atoms with E-state index in [1.807, 2.05) is 104 Å². The third-order valence-electron chi connectivity index (χ3n) is 6.80. The standard InChI is InChI=1S/C33H31ClN4O/c1-24(26-14-6-3-7-15-26)35-31(39)21-23-38(22-20-25-12-4-2-5-13-25)33-28-17-9-11-19-30(28)36-32(37-33)27-16-8-10-18-29(27)34/h2-19,24H,20-23H2,1H3,(H,35,39). The van der Waals surface area contributed by atoms with Crippen LogP contribution in [0.3, 0.4) is 0 Å². The molecule has 1 heterocycles. The lowest BCUT2D eigenvalue weighted by Crippen LogP contribution is -2.34. The van der Waals surface area contributed by atoms with E-state index in [9.17, 15) is 4.79 Å². The summed E-state index contributed by atoms with van der Waals surface area (Å²) in [6, 6.07) is 35.9. The zero-order valence-corrected chi connectivity index (χ0v) is 22.7. The highest BCUT2D eigenvalue weighted by Gasteiger charge is 2.18. The number of hydrogen-bond donors (Lipinski definition) is 1. The lowest BCUT2D eigenvalue weighted by molar-refractivity contribution is -0.121. The Kier molecular flexibility index (Phi) is 8.49. The second-order valence-corrected chi connectivity index (χ2v) is 9.95. The number of aromatic nitrogens is 2. The summed E-state index contributed by atoms with van der Waals surface area (Å²) in [5, 5.41) is 4.69. The van der Waals surface area contributed by atoms with Gasteiger partial charge >= 0.3 is 0 Å². The quantitative estimate of drug-likeness (QED) is 0.205. The van der Waals surface area contributed by atoms with E-state index in [1.165, 1.54) is 5.56 Å². The molecule has 0 aliphatic heterocycles. The molecule has 0 aliphatic rings. The Balaban J connectivity index is 1.45. The van der Waals surface area contributed by atoms with Crippen LogP contribution in [0.25, 0.3) is 22.3 Å². The van der Waals surface area contributed by atoms with Crippen LogP contribution in [0.15, 0.2) is 109 Å². The first-order valence-corrected chi connectivity index (χ1v) is 13.6. The fourth-order valence-corrected chi connectivity index (χ4v) is 4.89. The van der Waals surface area contributed by atoms with Crippen LogP contribution in [0.4, 0.5) is 5.82 Å². The molecule has 39 heavy (non-hydrogen) atoms. The van der Waals surface area contributed by atoms with Gasteiger partial charge in [-0.2, -0.15) is 0 Å². The molecule has 0 bridgehead atoms. The van der Waals surface area contributed by atoms with Gasteiger partial charge in [-0.3, -0.25) is 4.79 Å². The summed E-state index contributed by atoms with van der Waals surface area (Å²) in [6.07, 6.45) is 1.16. The van der Waals surface area contributed by atoms with Crippen LogP contribution < -0.4 is 10.2 Å². The van der Waals surface area contributed by atoms with Gasteiger partial charge in [0, 0.05) is 30.5 Å². The normalized spacial score (nSPS) is 11.7. The average molecular weight is 535 g/mol. The molecular weight excluding hydrogens is 504 g/mol. The minimum atomic E-state index is -0.0665. The van der Waals surface area contributed by atoms with Crippen molar-refractivity contribution in [3.8, 4) is 11.4 Å². The summed E-state index contributed by atoms with van der Waals surface area (Å²) in [5.74, 6) is 1.37. The smallest absolute Gasteiger partial charge is 0.222 e. The molecule has 1 unspecified atom stereocenters. The van der Waals surface area contributed by atoms with Crippen LogP contribution in [-0.2, 0) is 11.2 Å². The Labute approximate surface area is 234 Å². The number of benzene rings is 4. The van der Waals surface area contributed by atoms with Crippen molar-refractivity contribution in [3.63, 3.8) is 0 Å². The van der Waals surface area contributed by atoms with Crippen molar-refractivity contribution in [2.24, 2.45) is 0 Å². The molecule has 0 fully saturated rings. The zero-order chi connectivity index (χ0) is 27.0. The molecule has 4 aromatic carbocycles. The number of nitrogens with zero attached hydrogens (tertiary/aromatic N) is 3. The van der Waals surface area contributed by atoms with Gasteiger partial charge in [0.05, 0.1) is 16.6 Å². The summed E-state index contributed by atoms with van der Waals surface area (Å²) in [7, 11) is 0. The van der Waals surface area contributed by atoms with Gasteiger partial charge in [-0.25, -0.2) is 9.97 Å². The molecule has 1 atom stereocenters. The van der Waals surface area contributed by atoms with Gasteiger partial charge in [-0.15, -0.1) is 0 Å². The summed E-state index contributed by atoms with van der Waals surface area (Å²) < 4.78 is 0. The van der Waals surface area contributed by atoms with Crippen LogP contribution in [0.1, 0.15) is 30.5 Å². The minimum absolute atomic E-state index is 0.000697. The largest absolute Gasteiger partial charge is 0.355 e. The fraction of sp³-hybridized carbons (Fsp3) is 0.182. The van der Waals surface area contributed by atoms with Crippen molar-refractivity contribution in [1.82, 2.24) is 15.3 Å². The van der Waals surface area contributed by atoms with Gasteiger partial charge in [-0.05, 0) is 48.7 Å². The second kappa shape index (κ2) is 12.5. The van der Waals surface area contributed by atoms with Crippen molar-refractivity contribution < 1.29 is 4.79 Å². The topological polar surface area (TPSA) is 58.1 Å². The van der Waals surface area contributed by atoms with Gasteiger partial charge in [0.25, 0.3) is 0 Å². The SMILES string of the molecule is CC(NC(=O)CCN(CCc1ccccc1)c1nc(-c2ccccc2Cl)nc2ccccc12)c1ccccc1. The van der Waals surface area contributed by atoms with Gasteiger partial charge in [0.1, 0.15) is 5.82 Å². The molecule has 0 spiro atoms. The van der Waals surface area contributed by atoms with E-state index in [1.54, 1.807) is 0 Å². The maximum Gasteiger partial charge on any atom is 0.222 e. The van der Waals surface area contributed by atoms with Crippen LogP contribution in [-0.4, -0.2) is 29.0 Å². The van der Waals surface area contributed by atoms with Crippen molar-refractivity contribution in [1.29, 1.82) is 0 Å². The molecule has 1 aromatic heterocycles. The molecule has 196 valence electrons. The Morgan fingerprint density at radius 1 is 0.821 bits per heavy atom. The van der Waals surface area contributed by atoms with E-state index < -0.39 is 0 Å². The fourth-order valence-electron chi connectivity index (χ4n) is 4.67. The van der Waals surface area contributed by atoms with Crippen LogP contribution in [0.2, 0.25) is 5.02 Å². The van der Waals surface area contributed by atoms with Crippen molar-refractivity contribution in [3.05, 3.63) is 125 Å². The number of hydrogen-bond acceptors (Lipinski definition) is 4. The first-order valence-electron chi connectivity index (χ1n) is 13.2. The number of rotatable bonds is 10. The zero-order valence-electron chi connectivity index (χ0n) is 21.9. The number of nitrogens with one attached hydrogen (secondary N) is 1. The van der Waals surface area contributed by atoms with Gasteiger partial charge in [0.15, 0.2) is 5.82 Å².